The SMILES string of the molecule is NCCc1ccc(Sc2nnc(C3CC3)n2C2CC2)cc1. The number of nitrogens with two attached hydrogens (primary N) is 1. The molecule has 4 rings (SSSR count). The van der Waals surface area contributed by atoms with E-state index in [9.17, 15) is 0 Å². The molecule has 5 heteroatoms. The second-order valence-electron chi connectivity index (χ2n) is 6.00. The molecule has 2 aliphatic carbocycles. The maximum Gasteiger partial charge on any atom is 0.196 e. The zero-order chi connectivity index (χ0) is 14.2. The Morgan fingerprint density at radius 1 is 1.10 bits per heavy atom. The van der Waals surface area contributed by atoms with Gasteiger partial charge in [-0.1, -0.05) is 12.1 Å². The van der Waals surface area contributed by atoms with Crippen LogP contribution in [0.25, 0.3) is 0 Å². The minimum atomic E-state index is 0.648. The van der Waals surface area contributed by atoms with Gasteiger partial charge >= 0.3 is 0 Å². The minimum Gasteiger partial charge on any atom is -0.330 e. The Bertz CT molecular complexity index is 626. The Hall–Kier alpha value is -1.33. The van der Waals surface area contributed by atoms with Crippen molar-refractivity contribution < 1.29 is 0 Å². The van der Waals surface area contributed by atoms with E-state index in [2.05, 4.69) is 39.0 Å². The molecule has 2 fully saturated rings. The molecule has 0 spiro atoms. The fourth-order valence-corrected chi connectivity index (χ4v) is 3.56. The summed E-state index contributed by atoms with van der Waals surface area (Å²) in [7, 11) is 0. The summed E-state index contributed by atoms with van der Waals surface area (Å²) >= 11 is 1.73. The highest BCUT2D eigenvalue weighted by Crippen LogP contribution is 2.46. The van der Waals surface area contributed by atoms with Crippen LogP contribution in [0.2, 0.25) is 0 Å². The summed E-state index contributed by atoms with van der Waals surface area (Å²) in [6, 6.07) is 9.30. The van der Waals surface area contributed by atoms with E-state index in [0.29, 0.717) is 18.5 Å². The van der Waals surface area contributed by atoms with Gasteiger partial charge in [0.2, 0.25) is 0 Å². The smallest absolute Gasteiger partial charge is 0.196 e. The zero-order valence-electron chi connectivity index (χ0n) is 12.0. The van der Waals surface area contributed by atoms with Gasteiger partial charge in [0.25, 0.3) is 0 Å². The van der Waals surface area contributed by atoms with Crippen LogP contribution in [0.4, 0.5) is 0 Å². The molecule has 0 amide bonds. The van der Waals surface area contributed by atoms with E-state index in [4.69, 9.17) is 5.73 Å². The Kier molecular flexibility index (Phi) is 3.47. The van der Waals surface area contributed by atoms with E-state index in [1.54, 1.807) is 11.8 Å². The van der Waals surface area contributed by atoms with Gasteiger partial charge in [0, 0.05) is 16.9 Å². The molecule has 2 aromatic rings. The Morgan fingerprint density at radius 2 is 1.86 bits per heavy atom. The van der Waals surface area contributed by atoms with Gasteiger partial charge in [-0.2, -0.15) is 0 Å². The van der Waals surface area contributed by atoms with Crippen LogP contribution in [0, 0.1) is 0 Å². The lowest BCUT2D eigenvalue weighted by atomic mass is 10.2. The molecular weight excluding hydrogens is 280 g/mol. The number of hydrogen-bond donors (Lipinski definition) is 1. The average Bonchev–Trinajstić information content (AvgIpc) is 3.41. The molecule has 2 aliphatic rings. The van der Waals surface area contributed by atoms with Crippen LogP contribution >= 0.6 is 11.8 Å². The third kappa shape index (κ3) is 2.85. The molecule has 0 saturated heterocycles. The Morgan fingerprint density at radius 3 is 2.48 bits per heavy atom. The van der Waals surface area contributed by atoms with E-state index in [0.717, 1.165) is 11.6 Å². The van der Waals surface area contributed by atoms with Gasteiger partial charge < -0.3 is 10.3 Å². The van der Waals surface area contributed by atoms with Gasteiger partial charge in [-0.15, -0.1) is 10.2 Å². The third-order valence-electron chi connectivity index (χ3n) is 4.11. The normalized spacial score (nSPS) is 18.1. The van der Waals surface area contributed by atoms with Gasteiger partial charge in [0.05, 0.1) is 0 Å². The van der Waals surface area contributed by atoms with E-state index in [1.165, 1.54) is 42.0 Å². The lowest BCUT2D eigenvalue weighted by molar-refractivity contribution is 0.627. The van der Waals surface area contributed by atoms with Crippen LogP contribution in [0.1, 0.15) is 49.0 Å². The van der Waals surface area contributed by atoms with Crippen molar-refractivity contribution >= 4 is 11.8 Å². The maximum atomic E-state index is 5.59. The van der Waals surface area contributed by atoms with Gasteiger partial charge in [-0.05, 0) is 68.1 Å². The molecule has 1 heterocycles. The van der Waals surface area contributed by atoms with Crippen molar-refractivity contribution in [2.75, 3.05) is 6.54 Å². The summed E-state index contributed by atoms with van der Waals surface area (Å²) in [5.74, 6) is 1.89. The number of hydrogen-bond acceptors (Lipinski definition) is 4. The van der Waals surface area contributed by atoms with E-state index < -0.39 is 0 Å². The van der Waals surface area contributed by atoms with Gasteiger partial charge in [0.15, 0.2) is 5.16 Å². The highest BCUT2D eigenvalue weighted by Gasteiger charge is 2.36. The molecule has 1 aromatic heterocycles. The fourth-order valence-electron chi connectivity index (χ4n) is 2.65. The standard InChI is InChI=1S/C16H20N4S/c17-10-9-11-1-7-14(8-2-11)21-16-19-18-15(12-3-4-12)20(16)13-5-6-13/h1-2,7-8,12-13H,3-6,9-10,17H2. The lowest BCUT2D eigenvalue weighted by Gasteiger charge is -2.08. The van der Waals surface area contributed by atoms with Crippen LogP contribution in [0.5, 0.6) is 0 Å². The summed E-state index contributed by atoms with van der Waals surface area (Å²) < 4.78 is 2.40. The summed E-state index contributed by atoms with van der Waals surface area (Å²) in [6.45, 7) is 0.702. The minimum absolute atomic E-state index is 0.648. The zero-order valence-corrected chi connectivity index (χ0v) is 12.9. The van der Waals surface area contributed by atoms with Crippen molar-refractivity contribution in [3.05, 3.63) is 35.7 Å². The number of benzene rings is 1. The van der Waals surface area contributed by atoms with Crippen molar-refractivity contribution in [1.82, 2.24) is 14.8 Å². The van der Waals surface area contributed by atoms with Gasteiger partial charge in [-0.3, -0.25) is 0 Å². The Balaban J connectivity index is 1.56. The molecule has 110 valence electrons. The maximum absolute atomic E-state index is 5.59. The van der Waals surface area contributed by atoms with Gasteiger partial charge in [-0.25, -0.2) is 0 Å². The van der Waals surface area contributed by atoms with Crippen LogP contribution in [-0.4, -0.2) is 21.3 Å². The van der Waals surface area contributed by atoms with E-state index in [-0.39, 0.29) is 0 Å². The van der Waals surface area contributed by atoms with Gasteiger partial charge in [0.1, 0.15) is 5.82 Å². The number of aromatic nitrogens is 3. The van der Waals surface area contributed by atoms with Crippen molar-refractivity contribution in [2.45, 2.75) is 54.1 Å². The first-order valence-electron chi connectivity index (χ1n) is 7.77. The topological polar surface area (TPSA) is 56.7 Å². The van der Waals surface area contributed by atoms with Crippen molar-refractivity contribution in [3.63, 3.8) is 0 Å². The highest BCUT2D eigenvalue weighted by atomic mass is 32.2. The van der Waals surface area contributed by atoms with Crippen LogP contribution in [0.15, 0.2) is 34.3 Å². The molecule has 0 bridgehead atoms. The van der Waals surface area contributed by atoms with E-state index in [1.807, 2.05) is 0 Å². The highest BCUT2D eigenvalue weighted by molar-refractivity contribution is 7.99. The molecule has 1 aromatic carbocycles. The van der Waals surface area contributed by atoms with Crippen molar-refractivity contribution in [1.29, 1.82) is 0 Å². The molecule has 2 N–H and O–H groups in total. The molecule has 0 radical (unpaired) electrons. The first kappa shape index (κ1) is 13.3. The van der Waals surface area contributed by atoms with Crippen LogP contribution < -0.4 is 5.73 Å². The van der Waals surface area contributed by atoms with Crippen molar-refractivity contribution in [3.8, 4) is 0 Å². The molecular formula is C16H20N4S. The van der Waals surface area contributed by atoms with Crippen LogP contribution in [-0.2, 0) is 6.42 Å². The first-order valence-corrected chi connectivity index (χ1v) is 8.58. The lowest BCUT2D eigenvalue weighted by Crippen LogP contribution is -2.02. The third-order valence-corrected chi connectivity index (χ3v) is 5.08. The first-order chi connectivity index (χ1) is 10.3. The van der Waals surface area contributed by atoms with E-state index >= 15 is 0 Å². The summed E-state index contributed by atoms with van der Waals surface area (Å²) in [6.07, 6.45) is 6.06. The summed E-state index contributed by atoms with van der Waals surface area (Å²) in [5.41, 5.74) is 6.89. The average molecular weight is 300 g/mol. The predicted octanol–water partition coefficient (Wildman–Crippen LogP) is 3.14. The van der Waals surface area contributed by atoms with Crippen molar-refractivity contribution in [2.24, 2.45) is 5.73 Å². The predicted molar refractivity (Wildman–Crippen MR) is 83.6 cm³/mol. The summed E-state index contributed by atoms with van der Waals surface area (Å²) in [4.78, 5) is 1.23. The van der Waals surface area contributed by atoms with Crippen LogP contribution in [0.3, 0.4) is 0 Å². The number of rotatable bonds is 6. The molecule has 0 unspecified atom stereocenters. The molecule has 0 aliphatic heterocycles. The second-order valence-corrected chi connectivity index (χ2v) is 7.04. The quantitative estimate of drug-likeness (QED) is 0.890. The Labute approximate surface area is 129 Å². The molecule has 21 heavy (non-hydrogen) atoms. The second kappa shape index (κ2) is 5.46. The number of nitrogens with zero attached hydrogens (tertiary/aromatic N) is 3. The monoisotopic (exact) mass is 300 g/mol. The molecule has 0 atom stereocenters. The molecule has 4 nitrogen and oxygen atoms in total. The summed E-state index contributed by atoms with van der Waals surface area (Å²) in [5, 5.41) is 9.97. The largest absolute Gasteiger partial charge is 0.330 e. The fraction of sp³-hybridized carbons (Fsp3) is 0.500. The molecule has 2 saturated carbocycles.